The second-order valence-electron chi connectivity index (χ2n) is 4.58. The van der Waals surface area contributed by atoms with E-state index >= 15 is 0 Å². The fourth-order valence-electron chi connectivity index (χ4n) is 2.06. The zero-order valence-electron chi connectivity index (χ0n) is 12.1. The molecule has 18 heavy (non-hydrogen) atoms. The number of hydrogen-bond acceptors (Lipinski definition) is 3. The highest BCUT2D eigenvalue weighted by Gasteiger charge is 2.15. The summed E-state index contributed by atoms with van der Waals surface area (Å²) in [6.07, 6.45) is 2.10. The summed E-state index contributed by atoms with van der Waals surface area (Å²) in [5.74, 6) is 0.802. The van der Waals surface area contributed by atoms with Gasteiger partial charge in [-0.25, -0.2) is 0 Å². The number of nitrogens with zero attached hydrogens (tertiary/aromatic N) is 1. The number of hydrogen-bond donors (Lipinski definition) is 1. The number of ether oxygens (including phenoxy) is 1. The summed E-state index contributed by atoms with van der Waals surface area (Å²) in [6, 6.07) is 6.52. The molecule has 0 aliphatic heterocycles. The molecule has 3 nitrogen and oxygen atoms in total. The van der Waals surface area contributed by atoms with Gasteiger partial charge in [-0.1, -0.05) is 19.9 Å². The third kappa shape index (κ3) is 3.31. The zero-order chi connectivity index (χ0) is 13.5. The molecule has 0 heterocycles. The lowest BCUT2D eigenvalue weighted by Crippen LogP contribution is -2.32. The van der Waals surface area contributed by atoms with E-state index in [0.717, 1.165) is 36.5 Å². The Morgan fingerprint density at radius 1 is 1.28 bits per heavy atom. The van der Waals surface area contributed by atoms with Crippen molar-refractivity contribution in [3.8, 4) is 5.75 Å². The molecule has 1 aromatic carbocycles. The molecular weight excluding hydrogens is 224 g/mol. The minimum Gasteiger partial charge on any atom is -0.491 e. The summed E-state index contributed by atoms with van der Waals surface area (Å²) >= 11 is 0. The van der Waals surface area contributed by atoms with Gasteiger partial charge in [0.1, 0.15) is 5.75 Å². The van der Waals surface area contributed by atoms with Crippen molar-refractivity contribution in [2.75, 3.05) is 23.8 Å². The quantitative estimate of drug-likeness (QED) is 0.750. The van der Waals surface area contributed by atoms with Gasteiger partial charge >= 0.3 is 0 Å². The molecular formula is C15H26N2O. The number of anilines is 2. The Kier molecular flexibility index (Phi) is 5.83. The van der Waals surface area contributed by atoms with Gasteiger partial charge < -0.3 is 15.4 Å². The molecule has 0 aliphatic rings. The first-order chi connectivity index (χ1) is 8.65. The molecule has 1 unspecified atom stereocenters. The zero-order valence-corrected chi connectivity index (χ0v) is 12.1. The van der Waals surface area contributed by atoms with Crippen LogP contribution in [0.5, 0.6) is 5.75 Å². The molecule has 0 bridgehead atoms. The Balaban J connectivity index is 3.00. The van der Waals surface area contributed by atoms with E-state index in [0.29, 0.717) is 12.6 Å². The van der Waals surface area contributed by atoms with Crippen LogP contribution >= 0.6 is 0 Å². The van der Waals surface area contributed by atoms with Crippen molar-refractivity contribution in [2.45, 2.75) is 46.6 Å². The molecule has 0 amide bonds. The van der Waals surface area contributed by atoms with Crippen molar-refractivity contribution < 1.29 is 4.74 Å². The summed E-state index contributed by atoms with van der Waals surface area (Å²) in [4.78, 5) is 2.33. The van der Waals surface area contributed by atoms with Crippen LogP contribution < -0.4 is 15.4 Å². The third-order valence-electron chi connectivity index (χ3n) is 3.28. The molecule has 2 N–H and O–H groups in total. The molecule has 0 aliphatic carbocycles. The van der Waals surface area contributed by atoms with E-state index in [-0.39, 0.29) is 0 Å². The van der Waals surface area contributed by atoms with Crippen molar-refractivity contribution in [1.29, 1.82) is 0 Å². The highest BCUT2D eigenvalue weighted by atomic mass is 16.5. The summed E-state index contributed by atoms with van der Waals surface area (Å²) in [6.45, 7) is 10.3. The van der Waals surface area contributed by atoms with E-state index in [1.54, 1.807) is 0 Å². The van der Waals surface area contributed by atoms with Crippen molar-refractivity contribution >= 4 is 11.4 Å². The normalized spacial score (nSPS) is 12.2. The van der Waals surface area contributed by atoms with Crippen molar-refractivity contribution in [2.24, 2.45) is 0 Å². The van der Waals surface area contributed by atoms with E-state index in [2.05, 4.69) is 38.7 Å². The topological polar surface area (TPSA) is 38.5 Å². The maximum atomic E-state index is 6.23. The van der Waals surface area contributed by atoms with Crippen LogP contribution in [0, 0.1) is 0 Å². The van der Waals surface area contributed by atoms with Gasteiger partial charge in [-0.05, 0) is 38.8 Å². The van der Waals surface area contributed by atoms with Gasteiger partial charge in [-0.2, -0.15) is 0 Å². The summed E-state index contributed by atoms with van der Waals surface area (Å²) in [5, 5.41) is 0. The number of para-hydroxylation sites is 1. The standard InChI is InChI=1S/C15H26N2O/c1-5-11-18-14-10-8-9-13(15(14)16)17(7-3)12(4)6-2/h8-10,12H,5-7,11,16H2,1-4H3. The first-order valence-corrected chi connectivity index (χ1v) is 6.93. The first kappa shape index (κ1) is 14.7. The second-order valence-corrected chi connectivity index (χ2v) is 4.58. The molecule has 0 fully saturated rings. The Labute approximate surface area is 111 Å². The monoisotopic (exact) mass is 250 g/mol. The fraction of sp³-hybridized carbons (Fsp3) is 0.600. The SMILES string of the molecule is CCCOc1cccc(N(CC)C(C)CC)c1N. The highest BCUT2D eigenvalue weighted by molar-refractivity contribution is 5.74. The molecule has 1 aromatic rings. The van der Waals surface area contributed by atoms with Crippen molar-refractivity contribution in [1.82, 2.24) is 0 Å². The molecule has 1 atom stereocenters. The van der Waals surface area contributed by atoms with Gasteiger partial charge in [-0.3, -0.25) is 0 Å². The average Bonchev–Trinajstić information content (AvgIpc) is 2.39. The van der Waals surface area contributed by atoms with Gasteiger partial charge in [0.15, 0.2) is 0 Å². The predicted octanol–water partition coefficient (Wildman–Crippen LogP) is 3.68. The molecule has 102 valence electrons. The summed E-state index contributed by atoms with van der Waals surface area (Å²) in [7, 11) is 0. The van der Waals surface area contributed by atoms with E-state index < -0.39 is 0 Å². The van der Waals surface area contributed by atoms with Crippen LogP contribution in [-0.4, -0.2) is 19.2 Å². The molecule has 0 radical (unpaired) electrons. The smallest absolute Gasteiger partial charge is 0.144 e. The average molecular weight is 250 g/mol. The first-order valence-electron chi connectivity index (χ1n) is 6.93. The number of nitrogens with two attached hydrogens (primary N) is 1. The van der Waals surface area contributed by atoms with Crippen LogP contribution in [-0.2, 0) is 0 Å². The highest BCUT2D eigenvalue weighted by Crippen LogP contribution is 2.33. The lowest BCUT2D eigenvalue weighted by molar-refractivity contribution is 0.319. The minimum absolute atomic E-state index is 0.485. The van der Waals surface area contributed by atoms with Gasteiger partial charge in [0.05, 0.1) is 18.0 Å². The number of nitrogen functional groups attached to an aromatic ring is 1. The Morgan fingerprint density at radius 3 is 2.56 bits per heavy atom. The Hall–Kier alpha value is -1.38. The maximum absolute atomic E-state index is 6.23. The van der Waals surface area contributed by atoms with Crippen LogP contribution in [0.1, 0.15) is 40.5 Å². The molecule has 1 rings (SSSR count). The van der Waals surface area contributed by atoms with E-state index in [9.17, 15) is 0 Å². The van der Waals surface area contributed by atoms with E-state index in [1.807, 2.05) is 12.1 Å². The molecule has 0 spiro atoms. The van der Waals surface area contributed by atoms with Crippen molar-refractivity contribution in [3.63, 3.8) is 0 Å². The van der Waals surface area contributed by atoms with Crippen LogP contribution in [0.25, 0.3) is 0 Å². The molecule has 0 saturated carbocycles. The van der Waals surface area contributed by atoms with Crippen LogP contribution in [0.2, 0.25) is 0 Å². The van der Waals surface area contributed by atoms with Crippen LogP contribution in [0.3, 0.4) is 0 Å². The molecule has 0 saturated heterocycles. The lowest BCUT2D eigenvalue weighted by atomic mass is 10.1. The van der Waals surface area contributed by atoms with E-state index in [4.69, 9.17) is 10.5 Å². The van der Waals surface area contributed by atoms with Crippen LogP contribution in [0.15, 0.2) is 18.2 Å². The Morgan fingerprint density at radius 2 is 2.00 bits per heavy atom. The van der Waals surface area contributed by atoms with Gasteiger partial charge in [-0.15, -0.1) is 0 Å². The third-order valence-corrected chi connectivity index (χ3v) is 3.28. The molecule has 0 aromatic heterocycles. The van der Waals surface area contributed by atoms with Crippen LogP contribution in [0.4, 0.5) is 11.4 Å². The number of rotatable bonds is 7. The van der Waals surface area contributed by atoms with E-state index in [1.165, 1.54) is 0 Å². The largest absolute Gasteiger partial charge is 0.491 e. The number of benzene rings is 1. The van der Waals surface area contributed by atoms with Gasteiger partial charge in [0.2, 0.25) is 0 Å². The summed E-state index contributed by atoms with van der Waals surface area (Å²) in [5.41, 5.74) is 8.07. The summed E-state index contributed by atoms with van der Waals surface area (Å²) < 4.78 is 5.68. The Bertz CT molecular complexity index is 366. The van der Waals surface area contributed by atoms with Gasteiger partial charge in [0, 0.05) is 12.6 Å². The van der Waals surface area contributed by atoms with Gasteiger partial charge in [0.25, 0.3) is 0 Å². The minimum atomic E-state index is 0.485. The fourth-order valence-corrected chi connectivity index (χ4v) is 2.06. The van der Waals surface area contributed by atoms with Crippen molar-refractivity contribution in [3.05, 3.63) is 18.2 Å². The lowest BCUT2D eigenvalue weighted by Gasteiger charge is -2.31. The predicted molar refractivity (Wildman–Crippen MR) is 79.4 cm³/mol. The second kappa shape index (κ2) is 7.14. The molecule has 3 heteroatoms. The maximum Gasteiger partial charge on any atom is 0.144 e.